The lowest BCUT2D eigenvalue weighted by Crippen LogP contribution is -2.36. The van der Waals surface area contributed by atoms with Crippen LogP contribution in [0.3, 0.4) is 0 Å². The van der Waals surface area contributed by atoms with Gasteiger partial charge in [-0.15, -0.1) is 12.4 Å². The minimum absolute atomic E-state index is 0. The quantitative estimate of drug-likeness (QED) is 0.147. The third kappa shape index (κ3) is 8.35. The Morgan fingerprint density at radius 3 is 2.08 bits per heavy atom. The molecule has 1 aliphatic rings. The minimum Gasteiger partial charge on any atom is -0.462 e. The summed E-state index contributed by atoms with van der Waals surface area (Å²) < 4.78 is 11.0. The maximum atomic E-state index is 12.6. The standard InChI is InChI=1S/C30H33N3O4.ClH/c31-30(32)33-20-22-6-8-26(9-7-22)29(35)37-27-16-14-24(15-17-27)23-10-12-25(13-11-23)28(34)36-19-18-21-4-2-1-3-5-21;/h1-5,10-17,22,26H,6-9,18-20H2,(H4,31,32,33);1H/t22-,26-;. The van der Waals surface area contributed by atoms with Gasteiger partial charge in [0.05, 0.1) is 18.1 Å². The number of ether oxygens (including phenoxy) is 2. The van der Waals surface area contributed by atoms with Gasteiger partial charge >= 0.3 is 11.9 Å². The van der Waals surface area contributed by atoms with Gasteiger partial charge in [0.1, 0.15) is 5.75 Å². The van der Waals surface area contributed by atoms with Gasteiger partial charge in [0, 0.05) is 13.0 Å². The van der Waals surface area contributed by atoms with Crippen molar-refractivity contribution in [1.29, 1.82) is 5.41 Å². The lowest BCUT2D eigenvalue weighted by molar-refractivity contribution is -0.140. The molecule has 4 N–H and O–H groups in total. The van der Waals surface area contributed by atoms with E-state index in [1.807, 2.05) is 54.6 Å². The summed E-state index contributed by atoms with van der Waals surface area (Å²) in [5.41, 5.74) is 8.90. The molecule has 1 saturated carbocycles. The summed E-state index contributed by atoms with van der Waals surface area (Å²) in [4.78, 5) is 25.0. The first-order valence-electron chi connectivity index (χ1n) is 12.7. The van der Waals surface area contributed by atoms with E-state index >= 15 is 0 Å². The molecule has 0 saturated heterocycles. The zero-order valence-corrected chi connectivity index (χ0v) is 22.0. The van der Waals surface area contributed by atoms with Gasteiger partial charge in [-0.1, -0.05) is 54.6 Å². The van der Waals surface area contributed by atoms with Crippen LogP contribution in [0.5, 0.6) is 5.75 Å². The molecule has 8 heteroatoms. The maximum absolute atomic E-state index is 12.6. The molecule has 0 unspecified atom stereocenters. The van der Waals surface area contributed by atoms with Crippen LogP contribution < -0.4 is 15.8 Å². The first-order valence-corrected chi connectivity index (χ1v) is 12.7. The van der Waals surface area contributed by atoms with Crippen molar-refractivity contribution in [2.75, 3.05) is 13.2 Å². The molecule has 0 atom stereocenters. The van der Waals surface area contributed by atoms with Crippen molar-refractivity contribution in [1.82, 2.24) is 5.32 Å². The van der Waals surface area contributed by atoms with Crippen LogP contribution in [-0.2, 0) is 16.0 Å². The molecule has 3 aromatic carbocycles. The Morgan fingerprint density at radius 1 is 0.868 bits per heavy atom. The number of hydrogen-bond donors (Lipinski definition) is 3. The van der Waals surface area contributed by atoms with E-state index in [4.69, 9.17) is 20.6 Å². The minimum atomic E-state index is -0.339. The van der Waals surface area contributed by atoms with Crippen molar-refractivity contribution in [3.05, 3.63) is 90.0 Å². The lowest BCUT2D eigenvalue weighted by atomic mass is 9.82. The number of carbonyl (C=O) groups is 2. The van der Waals surface area contributed by atoms with Crippen LogP contribution in [0.1, 0.15) is 41.6 Å². The molecule has 0 bridgehead atoms. The second kappa shape index (κ2) is 14.2. The van der Waals surface area contributed by atoms with Crippen LogP contribution in [-0.4, -0.2) is 31.0 Å². The fourth-order valence-corrected chi connectivity index (χ4v) is 4.56. The van der Waals surface area contributed by atoms with Crippen molar-refractivity contribution < 1.29 is 19.1 Å². The second-order valence-electron chi connectivity index (χ2n) is 9.41. The number of hydrogen-bond acceptors (Lipinski definition) is 5. The highest BCUT2D eigenvalue weighted by Crippen LogP contribution is 2.30. The van der Waals surface area contributed by atoms with E-state index in [9.17, 15) is 9.59 Å². The number of rotatable bonds is 9. The fraction of sp³-hybridized carbons (Fsp3) is 0.300. The highest BCUT2D eigenvalue weighted by atomic mass is 35.5. The SMILES string of the molecule is Cl.N=C(N)NC[C@H]1CC[C@H](C(=O)Oc2ccc(-c3ccc(C(=O)OCCc4ccccc4)cc3)cc2)CC1. The van der Waals surface area contributed by atoms with E-state index in [1.54, 1.807) is 24.3 Å². The van der Waals surface area contributed by atoms with Crippen LogP contribution in [0, 0.1) is 17.2 Å². The second-order valence-corrected chi connectivity index (χ2v) is 9.41. The van der Waals surface area contributed by atoms with Crippen LogP contribution in [0.15, 0.2) is 78.9 Å². The van der Waals surface area contributed by atoms with Gasteiger partial charge in [0.25, 0.3) is 0 Å². The van der Waals surface area contributed by atoms with Crippen LogP contribution in [0.25, 0.3) is 11.1 Å². The lowest BCUT2D eigenvalue weighted by Gasteiger charge is -2.27. The number of benzene rings is 3. The highest BCUT2D eigenvalue weighted by Gasteiger charge is 2.27. The van der Waals surface area contributed by atoms with E-state index in [-0.39, 0.29) is 36.2 Å². The van der Waals surface area contributed by atoms with E-state index < -0.39 is 0 Å². The summed E-state index contributed by atoms with van der Waals surface area (Å²) in [7, 11) is 0. The molecule has 0 spiro atoms. The van der Waals surface area contributed by atoms with Crippen LogP contribution in [0.2, 0.25) is 0 Å². The van der Waals surface area contributed by atoms with E-state index in [0.29, 0.717) is 36.8 Å². The van der Waals surface area contributed by atoms with Gasteiger partial charge in [-0.3, -0.25) is 10.2 Å². The summed E-state index contributed by atoms with van der Waals surface area (Å²) in [5, 5.41) is 10.1. The summed E-state index contributed by atoms with van der Waals surface area (Å²) >= 11 is 0. The van der Waals surface area contributed by atoms with Crippen LogP contribution >= 0.6 is 12.4 Å². The number of guanidine groups is 1. The van der Waals surface area contributed by atoms with E-state index in [0.717, 1.165) is 42.4 Å². The molecule has 0 aliphatic heterocycles. The average Bonchev–Trinajstić information content (AvgIpc) is 2.93. The largest absolute Gasteiger partial charge is 0.462 e. The molecule has 4 rings (SSSR count). The van der Waals surface area contributed by atoms with Gasteiger partial charge in [-0.05, 0) is 72.6 Å². The Labute approximate surface area is 229 Å². The number of nitrogens with two attached hydrogens (primary N) is 1. The normalized spacial score (nSPS) is 16.5. The zero-order valence-electron chi connectivity index (χ0n) is 21.2. The van der Waals surface area contributed by atoms with Gasteiger partial charge in [0.15, 0.2) is 5.96 Å². The maximum Gasteiger partial charge on any atom is 0.338 e. The molecule has 0 amide bonds. The third-order valence-corrected chi connectivity index (χ3v) is 6.75. The van der Waals surface area contributed by atoms with Gasteiger partial charge in [0.2, 0.25) is 0 Å². The molecule has 0 radical (unpaired) electrons. The van der Waals surface area contributed by atoms with Gasteiger partial charge in [-0.2, -0.15) is 0 Å². The monoisotopic (exact) mass is 535 g/mol. The van der Waals surface area contributed by atoms with Crippen molar-refractivity contribution in [3.8, 4) is 16.9 Å². The molecule has 200 valence electrons. The summed E-state index contributed by atoms with van der Waals surface area (Å²) in [5.74, 6) is 0.295. The predicted molar refractivity (Wildman–Crippen MR) is 151 cm³/mol. The number of halogens is 1. The van der Waals surface area contributed by atoms with Gasteiger partial charge < -0.3 is 20.5 Å². The first-order chi connectivity index (χ1) is 18.0. The summed E-state index contributed by atoms with van der Waals surface area (Å²) in [6.45, 7) is 1.01. The number of carbonyl (C=O) groups excluding carboxylic acids is 2. The van der Waals surface area contributed by atoms with E-state index in [1.165, 1.54) is 0 Å². The van der Waals surface area contributed by atoms with Crippen molar-refractivity contribution in [3.63, 3.8) is 0 Å². The van der Waals surface area contributed by atoms with Crippen LogP contribution in [0.4, 0.5) is 0 Å². The molecule has 0 aromatic heterocycles. The summed E-state index contributed by atoms with van der Waals surface area (Å²) in [6, 6.07) is 24.6. The van der Waals surface area contributed by atoms with Crippen molar-refractivity contribution >= 4 is 30.3 Å². The predicted octanol–water partition coefficient (Wildman–Crippen LogP) is 5.37. The van der Waals surface area contributed by atoms with Gasteiger partial charge in [-0.25, -0.2) is 4.79 Å². The fourth-order valence-electron chi connectivity index (χ4n) is 4.56. The average molecular weight is 536 g/mol. The van der Waals surface area contributed by atoms with E-state index in [2.05, 4.69) is 5.32 Å². The number of esters is 2. The Bertz CT molecular complexity index is 1190. The summed E-state index contributed by atoms with van der Waals surface area (Å²) in [6.07, 6.45) is 4.07. The Hall–Kier alpha value is -3.84. The molecular formula is C30H34ClN3O4. The Kier molecular flexibility index (Phi) is 10.7. The molecular weight excluding hydrogens is 502 g/mol. The van der Waals surface area contributed by atoms with Crippen molar-refractivity contribution in [2.45, 2.75) is 32.1 Å². The van der Waals surface area contributed by atoms with Crippen molar-refractivity contribution in [2.24, 2.45) is 17.6 Å². The highest BCUT2D eigenvalue weighted by molar-refractivity contribution is 5.90. The Morgan fingerprint density at radius 2 is 1.47 bits per heavy atom. The molecule has 3 aromatic rings. The molecule has 1 fully saturated rings. The third-order valence-electron chi connectivity index (χ3n) is 6.75. The first kappa shape index (κ1) is 28.7. The zero-order chi connectivity index (χ0) is 26.0. The smallest absolute Gasteiger partial charge is 0.338 e. The molecule has 0 heterocycles. The molecule has 7 nitrogen and oxygen atoms in total. The Balaban J connectivity index is 0.00000400. The number of nitrogens with one attached hydrogen (secondary N) is 2. The topological polar surface area (TPSA) is 115 Å². The molecule has 38 heavy (non-hydrogen) atoms. The molecule has 1 aliphatic carbocycles.